The molecule has 0 bridgehead atoms. The third kappa shape index (κ3) is 4.32. The van der Waals surface area contributed by atoms with Gasteiger partial charge in [-0.25, -0.2) is 0 Å². The summed E-state index contributed by atoms with van der Waals surface area (Å²) in [6.07, 6.45) is 0.458. The van der Waals surface area contributed by atoms with Gasteiger partial charge in [-0.1, -0.05) is 24.3 Å². The summed E-state index contributed by atoms with van der Waals surface area (Å²) in [5.74, 6) is -0.816. The lowest BCUT2D eigenvalue weighted by Crippen LogP contribution is -2.50. The Morgan fingerprint density at radius 3 is 2.59 bits per heavy atom. The molecule has 1 aliphatic heterocycles. The van der Waals surface area contributed by atoms with E-state index in [2.05, 4.69) is 21.2 Å². The van der Waals surface area contributed by atoms with E-state index in [9.17, 15) is 19.7 Å². The average Bonchev–Trinajstić information content (AvgIpc) is 2.62. The number of primary amides is 1. The molecule has 2 aromatic carbocycles. The van der Waals surface area contributed by atoms with Crippen molar-refractivity contribution in [2.75, 3.05) is 11.9 Å². The third-order valence-corrected chi connectivity index (χ3v) is 5.11. The summed E-state index contributed by atoms with van der Waals surface area (Å²) < 4.78 is 0.403. The van der Waals surface area contributed by atoms with Crippen LogP contribution in [-0.4, -0.2) is 34.2 Å². The second-order valence-electron chi connectivity index (χ2n) is 6.27. The molecule has 0 radical (unpaired) electrons. The lowest BCUT2D eigenvalue weighted by Gasteiger charge is -2.34. The number of amides is 2. The number of hydrogen-bond acceptors (Lipinski definition) is 5. The van der Waals surface area contributed by atoms with Gasteiger partial charge in [0.05, 0.1) is 23.2 Å². The van der Waals surface area contributed by atoms with Gasteiger partial charge in [0.25, 0.3) is 5.69 Å². The Labute approximate surface area is 163 Å². The number of non-ortho nitro benzene ring substituents is 1. The highest BCUT2D eigenvalue weighted by atomic mass is 79.9. The minimum atomic E-state index is -0.564. The molecule has 0 aliphatic carbocycles. The van der Waals surface area contributed by atoms with Gasteiger partial charge in [0.1, 0.15) is 0 Å². The smallest absolute Gasteiger partial charge is 0.270 e. The van der Waals surface area contributed by atoms with Crippen LogP contribution in [0.3, 0.4) is 0 Å². The molecule has 0 fully saturated rings. The second-order valence-corrected chi connectivity index (χ2v) is 7.12. The van der Waals surface area contributed by atoms with Crippen molar-refractivity contribution in [3.05, 3.63) is 68.2 Å². The lowest BCUT2D eigenvalue weighted by atomic mass is 9.93. The van der Waals surface area contributed by atoms with Crippen LogP contribution in [0.4, 0.5) is 11.4 Å². The van der Waals surface area contributed by atoms with Crippen LogP contribution in [0.2, 0.25) is 0 Å². The number of nitro benzene ring substituents is 1. The molecule has 9 heteroatoms. The Kier molecular flexibility index (Phi) is 5.52. The van der Waals surface area contributed by atoms with Crippen LogP contribution in [0.5, 0.6) is 0 Å². The zero-order valence-electron chi connectivity index (χ0n) is 14.2. The molecule has 2 aromatic rings. The normalized spacial score (nSPS) is 16.4. The largest absolute Gasteiger partial charge is 0.368 e. The molecule has 3 N–H and O–H groups in total. The first-order valence-electron chi connectivity index (χ1n) is 8.19. The molecule has 2 amide bonds. The van der Waals surface area contributed by atoms with Crippen molar-refractivity contribution in [2.45, 2.75) is 19.0 Å². The minimum Gasteiger partial charge on any atom is -0.368 e. The van der Waals surface area contributed by atoms with E-state index in [4.69, 9.17) is 5.73 Å². The lowest BCUT2D eigenvalue weighted by molar-refractivity contribution is -0.384. The van der Waals surface area contributed by atoms with Crippen LogP contribution >= 0.6 is 15.9 Å². The maximum Gasteiger partial charge on any atom is 0.270 e. The molecule has 1 unspecified atom stereocenters. The van der Waals surface area contributed by atoms with E-state index in [0.29, 0.717) is 23.1 Å². The summed E-state index contributed by atoms with van der Waals surface area (Å²) in [7, 11) is 0. The average molecular weight is 433 g/mol. The zero-order chi connectivity index (χ0) is 19.6. The van der Waals surface area contributed by atoms with Crippen LogP contribution in [-0.2, 0) is 22.6 Å². The monoisotopic (exact) mass is 432 g/mol. The van der Waals surface area contributed by atoms with Gasteiger partial charge < -0.3 is 11.1 Å². The zero-order valence-corrected chi connectivity index (χ0v) is 15.8. The molecular formula is C18H17BrN4O4. The van der Waals surface area contributed by atoms with Gasteiger partial charge >= 0.3 is 0 Å². The number of anilines is 1. The molecule has 0 saturated carbocycles. The first kappa shape index (κ1) is 19.0. The predicted molar refractivity (Wildman–Crippen MR) is 103 cm³/mol. The van der Waals surface area contributed by atoms with Crippen molar-refractivity contribution in [3.8, 4) is 0 Å². The van der Waals surface area contributed by atoms with Crippen LogP contribution in [0.1, 0.15) is 11.1 Å². The number of carbonyl (C=O) groups is 2. The Morgan fingerprint density at radius 2 is 1.96 bits per heavy atom. The van der Waals surface area contributed by atoms with E-state index in [1.165, 1.54) is 18.2 Å². The number of fused-ring (bicyclic) bond motifs is 1. The van der Waals surface area contributed by atoms with E-state index >= 15 is 0 Å². The van der Waals surface area contributed by atoms with E-state index in [1.54, 1.807) is 4.90 Å². The Morgan fingerprint density at radius 1 is 1.26 bits per heavy atom. The molecular weight excluding hydrogens is 416 g/mol. The molecule has 0 spiro atoms. The fourth-order valence-electron chi connectivity index (χ4n) is 3.12. The Balaban J connectivity index is 1.73. The number of nitro groups is 1. The van der Waals surface area contributed by atoms with Crippen LogP contribution < -0.4 is 11.1 Å². The molecule has 140 valence electrons. The van der Waals surface area contributed by atoms with Gasteiger partial charge in [-0.2, -0.15) is 0 Å². The summed E-state index contributed by atoms with van der Waals surface area (Å²) >= 11 is 3.22. The van der Waals surface area contributed by atoms with Crippen molar-refractivity contribution in [2.24, 2.45) is 5.73 Å². The van der Waals surface area contributed by atoms with Crippen LogP contribution in [0.25, 0.3) is 0 Å². The topological polar surface area (TPSA) is 119 Å². The molecule has 8 nitrogen and oxygen atoms in total. The number of nitrogens with two attached hydrogens (primary N) is 1. The number of hydrogen-bond donors (Lipinski definition) is 2. The Bertz CT molecular complexity index is 918. The molecule has 3 rings (SSSR count). The predicted octanol–water partition coefficient (Wildman–Crippen LogP) is 2.21. The van der Waals surface area contributed by atoms with Crippen LogP contribution in [0.15, 0.2) is 46.9 Å². The van der Waals surface area contributed by atoms with Crippen molar-refractivity contribution < 1.29 is 14.5 Å². The number of carbonyl (C=O) groups excluding carboxylic acids is 2. The van der Waals surface area contributed by atoms with E-state index in [-0.39, 0.29) is 18.1 Å². The van der Waals surface area contributed by atoms with Crippen molar-refractivity contribution in [1.82, 2.24) is 4.90 Å². The highest BCUT2D eigenvalue weighted by Crippen LogP contribution is 2.27. The number of benzene rings is 2. The summed E-state index contributed by atoms with van der Waals surface area (Å²) in [5, 5.41) is 13.5. The number of rotatable bonds is 5. The first-order chi connectivity index (χ1) is 12.8. The van der Waals surface area contributed by atoms with Crippen molar-refractivity contribution in [1.29, 1.82) is 0 Å². The molecule has 1 atom stereocenters. The second kappa shape index (κ2) is 7.85. The van der Waals surface area contributed by atoms with Gasteiger partial charge in [0.2, 0.25) is 11.8 Å². The maximum atomic E-state index is 12.5. The van der Waals surface area contributed by atoms with Gasteiger partial charge in [-0.15, -0.1) is 0 Å². The fourth-order valence-corrected chi connectivity index (χ4v) is 3.58. The molecule has 0 saturated heterocycles. The summed E-state index contributed by atoms with van der Waals surface area (Å²) in [6, 6.07) is 11.3. The van der Waals surface area contributed by atoms with Crippen LogP contribution in [0, 0.1) is 10.1 Å². The first-order valence-corrected chi connectivity index (χ1v) is 8.98. The fraction of sp³-hybridized carbons (Fsp3) is 0.222. The third-order valence-electron chi connectivity index (χ3n) is 4.46. The molecule has 27 heavy (non-hydrogen) atoms. The van der Waals surface area contributed by atoms with Gasteiger partial charge in [-0.3, -0.25) is 24.6 Å². The quantitative estimate of drug-likeness (QED) is 0.554. The standard InChI is InChI=1S/C18H17BrN4O4/c19-14-8-13(23(26)27)5-6-15(14)21-17(24)10-22-9-12-4-2-1-3-11(12)7-16(22)18(20)25/h1-6,8,16H,7,9-10H2,(H2,20,25)(H,21,24). The molecule has 1 heterocycles. The molecule has 1 aliphatic rings. The highest BCUT2D eigenvalue weighted by molar-refractivity contribution is 9.10. The van der Waals surface area contributed by atoms with E-state index < -0.39 is 16.9 Å². The highest BCUT2D eigenvalue weighted by Gasteiger charge is 2.31. The van der Waals surface area contributed by atoms with E-state index in [0.717, 1.165) is 11.1 Å². The van der Waals surface area contributed by atoms with Gasteiger partial charge in [0.15, 0.2) is 0 Å². The number of nitrogens with zero attached hydrogens (tertiary/aromatic N) is 2. The molecule has 0 aromatic heterocycles. The van der Waals surface area contributed by atoms with Gasteiger partial charge in [0, 0.05) is 23.2 Å². The summed E-state index contributed by atoms with van der Waals surface area (Å²) in [5.41, 5.74) is 7.97. The maximum absolute atomic E-state index is 12.5. The number of nitrogens with one attached hydrogen (secondary N) is 1. The van der Waals surface area contributed by atoms with E-state index in [1.807, 2.05) is 24.3 Å². The SMILES string of the molecule is NC(=O)C1Cc2ccccc2CN1CC(=O)Nc1ccc([N+](=O)[O-])cc1Br. The van der Waals surface area contributed by atoms with Crippen molar-refractivity contribution in [3.63, 3.8) is 0 Å². The minimum absolute atomic E-state index is 0.0225. The number of halogens is 1. The summed E-state index contributed by atoms with van der Waals surface area (Å²) in [6.45, 7) is 0.421. The van der Waals surface area contributed by atoms with Crippen molar-refractivity contribution >= 4 is 39.1 Å². The van der Waals surface area contributed by atoms with Gasteiger partial charge in [-0.05, 0) is 39.5 Å². The summed E-state index contributed by atoms with van der Waals surface area (Å²) in [4.78, 5) is 36.3. The Hall–Kier alpha value is -2.78.